The van der Waals surface area contributed by atoms with Crippen LogP contribution in [-0.2, 0) is 13.2 Å². The van der Waals surface area contributed by atoms with Crippen LogP contribution in [0.5, 0.6) is 11.5 Å². The molecular formula is C22H19N3O4. The summed E-state index contributed by atoms with van der Waals surface area (Å²) in [6, 6.07) is 15.1. The molecule has 1 N–H and O–H groups in total. The Bertz CT molecular complexity index is 1130. The number of hydrogen-bond donors (Lipinski definition) is 1. The zero-order valence-corrected chi connectivity index (χ0v) is 15.8. The number of pyridine rings is 1. The van der Waals surface area contributed by atoms with Crippen LogP contribution in [-0.4, -0.2) is 23.0 Å². The van der Waals surface area contributed by atoms with Crippen molar-refractivity contribution in [2.75, 3.05) is 7.11 Å². The number of nitrogens with zero attached hydrogens (tertiary/aromatic N) is 2. The maximum absolute atomic E-state index is 12.3. The molecule has 2 heterocycles. The minimum Gasteiger partial charge on any atom is -0.497 e. The summed E-state index contributed by atoms with van der Waals surface area (Å²) in [7, 11) is 1.60. The predicted octanol–water partition coefficient (Wildman–Crippen LogP) is 3.74. The zero-order chi connectivity index (χ0) is 20.1. The molecule has 0 saturated heterocycles. The SMILES string of the molecule is COc1cccc(CNC(=O)c2coc(COc3cccc4cnccc34)n2)c1. The number of oxazole rings is 1. The lowest BCUT2D eigenvalue weighted by Gasteiger charge is -2.07. The highest BCUT2D eigenvalue weighted by molar-refractivity contribution is 5.91. The van der Waals surface area contributed by atoms with Gasteiger partial charge in [0.25, 0.3) is 5.91 Å². The van der Waals surface area contributed by atoms with E-state index < -0.39 is 0 Å². The summed E-state index contributed by atoms with van der Waals surface area (Å²) in [5.74, 6) is 1.44. The minimum absolute atomic E-state index is 0.116. The maximum Gasteiger partial charge on any atom is 0.273 e. The van der Waals surface area contributed by atoms with Gasteiger partial charge in [-0.15, -0.1) is 0 Å². The van der Waals surface area contributed by atoms with Crippen molar-refractivity contribution in [3.63, 3.8) is 0 Å². The van der Waals surface area contributed by atoms with E-state index in [-0.39, 0.29) is 18.2 Å². The van der Waals surface area contributed by atoms with Gasteiger partial charge in [-0.05, 0) is 29.8 Å². The third kappa shape index (κ3) is 4.35. The van der Waals surface area contributed by atoms with Gasteiger partial charge in [0.2, 0.25) is 5.89 Å². The van der Waals surface area contributed by atoms with Crippen molar-refractivity contribution < 1.29 is 18.7 Å². The minimum atomic E-state index is -0.320. The summed E-state index contributed by atoms with van der Waals surface area (Å²) < 4.78 is 16.4. The summed E-state index contributed by atoms with van der Waals surface area (Å²) >= 11 is 0. The number of hydrogen-bond acceptors (Lipinski definition) is 6. The summed E-state index contributed by atoms with van der Waals surface area (Å²) in [4.78, 5) is 20.6. The number of ether oxygens (including phenoxy) is 2. The van der Waals surface area contributed by atoms with Crippen LogP contribution in [0.3, 0.4) is 0 Å². The number of methoxy groups -OCH3 is 1. The van der Waals surface area contributed by atoms with Gasteiger partial charge in [0, 0.05) is 29.7 Å². The summed E-state index contributed by atoms with van der Waals surface area (Å²) in [6.07, 6.45) is 4.82. The van der Waals surface area contributed by atoms with E-state index in [1.54, 1.807) is 19.5 Å². The number of rotatable bonds is 7. The zero-order valence-electron chi connectivity index (χ0n) is 15.8. The molecule has 0 saturated carbocycles. The lowest BCUT2D eigenvalue weighted by Crippen LogP contribution is -2.23. The Balaban J connectivity index is 1.37. The van der Waals surface area contributed by atoms with Gasteiger partial charge in [0.05, 0.1) is 7.11 Å². The fraction of sp³-hybridized carbons (Fsp3) is 0.136. The van der Waals surface area contributed by atoms with Crippen molar-refractivity contribution >= 4 is 16.7 Å². The monoisotopic (exact) mass is 389 g/mol. The normalized spacial score (nSPS) is 10.7. The highest BCUT2D eigenvalue weighted by atomic mass is 16.5. The molecule has 4 aromatic rings. The van der Waals surface area contributed by atoms with E-state index in [1.807, 2.05) is 48.5 Å². The lowest BCUT2D eigenvalue weighted by atomic mass is 10.1. The Morgan fingerprint density at radius 3 is 2.97 bits per heavy atom. The molecule has 7 heteroatoms. The van der Waals surface area contributed by atoms with Crippen LogP contribution in [0.25, 0.3) is 10.8 Å². The largest absolute Gasteiger partial charge is 0.497 e. The van der Waals surface area contributed by atoms with Crippen molar-refractivity contribution in [2.45, 2.75) is 13.2 Å². The highest BCUT2D eigenvalue weighted by Crippen LogP contribution is 2.25. The van der Waals surface area contributed by atoms with Crippen LogP contribution in [0.2, 0.25) is 0 Å². The Labute approximate surface area is 167 Å². The number of benzene rings is 2. The summed E-state index contributed by atoms with van der Waals surface area (Å²) in [6.45, 7) is 0.476. The smallest absolute Gasteiger partial charge is 0.273 e. The van der Waals surface area contributed by atoms with E-state index in [0.29, 0.717) is 18.2 Å². The first kappa shape index (κ1) is 18.5. The van der Waals surface area contributed by atoms with E-state index >= 15 is 0 Å². The average Bonchev–Trinajstić information content (AvgIpc) is 3.25. The van der Waals surface area contributed by atoms with E-state index in [2.05, 4.69) is 15.3 Å². The third-order valence-corrected chi connectivity index (χ3v) is 4.36. The van der Waals surface area contributed by atoms with Crippen LogP contribution in [0.1, 0.15) is 21.9 Å². The molecule has 0 aliphatic rings. The van der Waals surface area contributed by atoms with Crippen LogP contribution < -0.4 is 14.8 Å². The molecule has 146 valence electrons. The lowest BCUT2D eigenvalue weighted by molar-refractivity contribution is 0.0945. The number of amides is 1. The fourth-order valence-corrected chi connectivity index (χ4v) is 2.89. The fourth-order valence-electron chi connectivity index (χ4n) is 2.89. The third-order valence-electron chi connectivity index (χ3n) is 4.36. The molecular weight excluding hydrogens is 370 g/mol. The van der Waals surface area contributed by atoms with Crippen molar-refractivity contribution in [3.05, 3.63) is 84.3 Å². The Morgan fingerprint density at radius 1 is 1.17 bits per heavy atom. The molecule has 2 aromatic carbocycles. The molecule has 1 amide bonds. The molecule has 4 rings (SSSR count). The van der Waals surface area contributed by atoms with Crippen LogP contribution in [0.15, 0.2) is 71.6 Å². The van der Waals surface area contributed by atoms with Gasteiger partial charge in [0.1, 0.15) is 17.8 Å². The second kappa shape index (κ2) is 8.43. The first-order valence-electron chi connectivity index (χ1n) is 9.04. The second-order valence-electron chi connectivity index (χ2n) is 6.30. The Morgan fingerprint density at radius 2 is 2.07 bits per heavy atom. The quantitative estimate of drug-likeness (QED) is 0.518. The average molecular weight is 389 g/mol. The van der Waals surface area contributed by atoms with Crippen LogP contribution in [0, 0.1) is 0 Å². The molecule has 0 bridgehead atoms. The highest BCUT2D eigenvalue weighted by Gasteiger charge is 2.13. The number of carbonyl (C=O) groups is 1. The topological polar surface area (TPSA) is 86.5 Å². The first-order valence-corrected chi connectivity index (χ1v) is 9.04. The van der Waals surface area contributed by atoms with Crippen molar-refractivity contribution in [2.24, 2.45) is 0 Å². The van der Waals surface area contributed by atoms with E-state index in [1.165, 1.54) is 6.26 Å². The van der Waals surface area contributed by atoms with Crippen LogP contribution in [0.4, 0.5) is 0 Å². The molecule has 0 radical (unpaired) electrons. The van der Waals surface area contributed by atoms with Crippen molar-refractivity contribution in [1.82, 2.24) is 15.3 Å². The van der Waals surface area contributed by atoms with Crippen LogP contribution >= 0.6 is 0 Å². The molecule has 29 heavy (non-hydrogen) atoms. The van der Waals surface area contributed by atoms with Gasteiger partial charge in [-0.2, -0.15) is 0 Å². The molecule has 0 spiro atoms. The van der Waals surface area contributed by atoms with E-state index in [9.17, 15) is 4.79 Å². The molecule has 0 atom stereocenters. The number of aromatic nitrogens is 2. The van der Waals surface area contributed by atoms with Crippen molar-refractivity contribution in [3.8, 4) is 11.5 Å². The van der Waals surface area contributed by atoms with E-state index in [4.69, 9.17) is 13.9 Å². The van der Waals surface area contributed by atoms with Gasteiger partial charge >= 0.3 is 0 Å². The standard InChI is InChI=1S/C22H19N3O4/c1-27-17-6-2-4-15(10-17)11-24-22(26)19-13-29-21(25-19)14-28-20-7-3-5-16-12-23-9-8-18(16)20/h2-10,12-13H,11,14H2,1H3,(H,24,26). The first-order chi connectivity index (χ1) is 14.2. The Kier molecular flexibility index (Phi) is 5.38. The van der Waals surface area contributed by atoms with Gasteiger partial charge in [-0.3, -0.25) is 9.78 Å². The molecule has 0 fully saturated rings. The molecule has 0 unspecified atom stereocenters. The van der Waals surface area contributed by atoms with Crippen molar-refractivity contribution in [1.29, 1.82) is 0 Å². The maximum atomic E-state index is 12.3. The number of fused-ring (bicyclic) bond motifs is 1. The van der Waals surface area contributed by atoms with Gasteiger partial charge in [-0.1, -0.05) is 24.3 Å². The molecule has 0 aliphatic heterocycles. The Hall–Kier alpha value is -3.87. The second-order valence-corrected chi connectivity index (χ2v) is 6.30. The van der Waals surface area contributed by atoms with Gasteiger partial charge in [0.15, 0.2) is 12.3 Å². The van der Waals surface area contributed by atoms with Gasteiger partial charge < -0.3 is 19.2 Å². The molecule has 0 aliphatic carbocycles. The number of nitrogens with one attached hydrogen (secondary N) is 1. The van der Waals surface area contributed by atoms with E-state index in [0.717, 1.165) is 22.1 Å². The summed E-state index contributed by atoms with van der Waals surface area (Å²) in [5.41, 5.74) is 1.13. The molecule has 7 nitrogen and oxygen atoms in total. The summed E-state index contributed by atoms with van der Waals surface area (Å²) in [5, 5.41) is 4.74. The number of carbonyl (C=O) groups excluding carboxylic acids is 1. The molecule has 2 aromatic heterocycles. The van der Waals surface area contributed by atoms with Gasteiger partial charge in [-0.25, -0.2) is 4.98 Å². The predicted molar refractivity (Wildman–Crippen MR) is 107 cm³/mol.